The standard InChI is InChI=1S/C13H17N3O2S2/c1-9-6-12(4-5-13(9)14)20(17,18)16(3)8-11-7-15-10(2)19-11/h4-7H,8,14H2,1-3H3. The first kappa shape index (κ1) is 15.0. The lowest BCUT2D eigenvalue weighted by Crippen LogP contribution is -2.26. The fraction of sp³-hybridized carbons (Fsp3) is 0.308. The molecule has 0 bridgehead atoms. The van der Waals surface area contributed by atoms with E-state index in [-0.39, 0.29) is 4.90 Å². The first-order valence-electron chi connectivity index (χ1n) is 6.04. The Morgan fingerprint density at radius 3 is 2.60 bits per heavy atom. The van der Waals surface area contributed by atoms with Crippen LogP contribution in [0.15, 0.2) is 29.3 Å². The van der Waals surface area contributed by atoms with Gasteiger partial charge < -0.3 is 5.73 Å². The molecule has 108 valence electrons. The number of benzene rings is 1. The van der Waals surface area contributed by atoms with Crippen molar-refractivity contribution in [3.63, 3.8) is 0 Å². The SMILES string of the molecule is Cc1ncc(CN(C)S(=O)(=O)c2ccc(N)c(C)c2)s1. The van der Waals surface area contributed by atoms with Gasteiger partial charge in [-0.15, -0.1) is 11.3 Å². The largest absolute Gasteiger partial charge is 0.399 e. The van der Waals surface area contributed by atoms with Gasteiger partial charge in [0.2, 0.25) is 10.0 Å². The zero-order chi connectivity index (χ0) is 14.9. The van der Waals surface area contributed by atoms with Crippen LogP contribution in [0.4, 0.5) is 5.69 Å². The summed E-state index contributed by atoms with van der Waals surface area (Å²) in [5.41, 5.74) is 7.06. The molecule has 1 aromatic carbocycles. The topological polar surface area (TPSA) is 76.3 Å². The summed E-state index contributed by atoms with van der Waals surface area (Å²) < 4.78 is 26.3. The van der Waals surface area contributed by atoms with E-state index < -0.39 is 10.0 Å². The number of hydrogen-bond donors (Lipinski definition) is 1. The summed E-state index contributed by atoms with van der Waals surface area (Å²) in [5, 5.41) is 0.925. The van der Waals surface area contributed by atoms with Crippen molar-refractivity contribution in [1.29, 1.82) is 0 Å². The van der Waals surface area contributed by atoms with E-state index in [4.69, 9.17) is 5.73 Å². The number of aryl methyl sites for hydroxylation is 2. The minimum absolute atomic E-state index is 0.257. The van der Waals surface area contributed by atoms with Gasteiger partial charge in [0.1, 0.15) is 0 Å². The maximum absolute atomic E-state index is 12.5. The number of anilines is 1. The van der Waals surface area contributed by atoms with Crippen LogP contribution in [0.1, 0.15) is 15.4 Å². The highest BCUT2D eigenvalue weighted by atomic mass is 32.2. The van der Waals surface area contributed by atoms with Crippen LogP contribution < -0.4 is 5.73 Å². The van der Waals surface area contributed by atoms with Gasteiger partial charge in [-0.2, -0.15) is 4.31 Å². The Hall–Kier alpha value is -1.44. The second kappa shape index (κ2) is 5.51. The van der Waals surface area contributed by atoms with E-state index in [1.807, 2.05) is 6.92 Å². The van der Waals surface area contributed by atoms with Gasteiger partial charge in [0.05, 0.1) is 9.90 Å². The molecule has 0 atom stereocenters. The number of sulfonamides is 1. The molecule has 0 aliphatic heterocycles. The molecule has 2 N–H and O–H groups in total. The lowest BCUT2D eigenvalue weighted by atomic mass is 10.2. The fourth-order valence-corrected chi connectivity index (χ4v) is 3.94. The Morgan fingerprint density at radius 1 is 1.35 bits per heavy atom. The van der Waals surface area contributed by atoms with Crippen LogP contribution in [-0.4, -0.2) is 24.8 Å². The van der Waals surface area contributed by atoms with Gasteiger partial charge in [-0.3, -0.25) is 0 Å². The summed E-state index contributed by atoms with van der Waals surface area (Å²) in [5.74, 6) is 0. The van der Waals surface area contributed by atoms with Crippen molar-refractivity contribution >= 4 is 27.0 Å². The van der Waals surface area contributed by atoms with Crippen LogP contribution in [0.5, 0.6) is 0 Å². The zero-order valence-corrected chi connectivity index (χ0v) is 13.3. The highest BCUT2D eigenvalue weighted by Crippen LogP contribution is 2.22. The van der Waals surface area contributed by atoms with Crippen molar-refractivity contribution < 1.29 is 8.42 Å². The van der Waals surface area contributed by atoms with Gasteiger partial charge in [0, 0.05) is 30.4 Å². The molecule has 0 fully saturated rings. The predicted octanol–water partition coefficient (Wildman–Crippen LogP) is 2.16. The van der Waals surface area contributed by atoms with Crippen LogP contribution in [-0.2, 0) is 16.6 Å². The molecule has 0 unspecified atom stereocenters. The minimum atomic E-state index is -3.51. The Balaban J connectivity index is 2.27. The lowest BCUT2D eigenvalue weighted by molar-refractivity contribution is 0.469. The summed E-state index contributed by atoms with van der Waals surface area (Å²) in [6, 6.07) is 4.75. The van der Waals surface area contributed by atoms with Gasteiger partial charge in [0.15, 0.2) is 0 Å². The molecular formula is C13H17N3O2S2. The van der Waals surface area contributed by atoms with E-state index in [2.05, 4.69) is 4.98 Å². The maximum Gasteiger partial charge on any atom is 0.243 e. The highest BCUT2D eigenvalue weighted by molar-refractivity contribution is 7.89. The second-order valence-corrected chi connectivity index (χ2v) is 7.99. The number of rotatable bonds is 4. The van der Waals surface area contributed by atoms with E-state index in [0.29, 0.717) is 12.2 Å². The number of nitrogen functional groups attached to an aromatic ring is 1. The molecular weight excluding hydrogens is 294 g/mol. The summed E-state index contributed by atoms with van der Waals surface area (Å²) in [6.45, 7) is 4.00. The molecule has 2 aromatic rings. The average Bonchev–Trinajstić information content (AvgIpc) is 2.78. The zero-order valence-electron chi connectivity index (χ0n) is 11.6. The number of nitrogens with zero attached hydrogens (tertiary/aromatic N) is 2. The molecule has 5 nitrogen and oxygen atoms in total. The molecule has 1 aromatic heterocycles. The van der Waals surface area contributed by atoms with Gasteiger partial charge in [-0.05, 0) is 37.6 Å². The fourth-order valence-electron chi connectivity index (χ4n) is 1.77. The van der Waals surface area contributed by atoms with Crippen molar-refractivity contribution in [1.82, 2.24) is 9.29 Å². The van der Waals surface area contributed by atoms with E-state index in [9.17, 15) is 8.42 Å². The van der Waals surface area contributed by atoms with Crippen LogP contribution in [0.2, 0.25) is 0 Å². The van der Waals surface area contributed by atoms with Crippen molar-refractivity contribution in [2.45, 2.75) is 25.3 Å². The van der Waals surface area contributed by atoms with Gasteiger partial charge in [0.25, 0.3) is 0 Å². The Kier molecular flexibility index (Phi) is 4.12. The van der Waals surface area contributed by atoms with Gasteiger partial charge >= 0.3 is 0 Å². The molecule has 0 saturated heterocycles. The quantitative estimate of drug-likeness (QED) is 0.878. The molecule has 0 aliphatic rings. The lowest BCUT2D eigenvalue weighted by Gasteiger charge is -2.16. The predicted molar refractivity (Wildman–Crippen MR) is 81.1 cm³/mol. The minimum Gasteiger partial charge on any atom is -0.399 e. The van der Waals surface area contributed by atoms with E-state index in [0.717, 1.165) is 15.4 Å². The Bertz CT molecular complexity index is 723. The Labute approximate surface area is 123 Å². The summed E-state index contributed by atoms with van der Waals surface area (Å²) in [4.78, 5) is 5.31. The number of thiazole rings is 1. The first-order valence-corrected chi connectivity index (χ1v) is 8.30. The maximum atomic E-state index is 12.5. The molecule has 0 radical (unpaired) electrons. The highest BCUT2D eigenvalue weighted by Gasteiger charge is 2.22. The molecule has 20 heavy (non-hydrogen) atoms. The number of aromatic nitrogens is 1. The monoisotopic (exact) mass is 311 g/mol. The molecule has 7 heteroatoms. The number of hydrogen-bond acceptors (Lipinski definition) is 5. The Morgan fingerprint density at radius 2 is 2.05 bits per heavy atom. The van der Waals surface area contributed by atoms with Gasteiger partial charge in [-0.25, -0.2) is 13.4 Å². The molecule has 0 saturated carbocycles. The first-order chi connectivity index (χ1) is 9.30. The third kappa shape index (κ3) is 3.00. The average molecular weight is 311 g/mol. The summed E-state index contributed by atoms with van der Waals surface area (Å²) >= 11 is 1.50. The van der Waals surface area contributed by atoms with E-state index >= 15 is 0 Å². The molecule has 0 spiro atoms. The van der Waals surface area contributed by atoms with E-state index in [1.54, 1.807) is 32.3 Å². The summed E-state index contributed by atoms with van der Waals surface area (Å²) in [6.07, 6.45) is 1.71. The molecule has 2 rings (SSSR count). The summed E-state index contributed by atoms with van der Waals surface area (Å²) in [7, 11) is -1.94. The normalized spacial score (nSPS) is 12.0. The van der Waals surface area contributed by atoms with Crippen molar-refractivity contribution in [3.05, 3.63) is 39.8 Å². The van der Waals surface area contributed by atoms with Crippen molar-refractivity contribution in [2.75, 3.05) is 12.8 Å². The number of nitrogens with two attached hydrogens (primary N) is 1. The van der Waals surface area contributed by atoms with E-state index in [1.165, 1.54) is 21.7 Å². The van der Waals surface area contributed by atoms with Crippen LogP contribution >= 0.6 is 11.3 Å². The van der Waals surface area contributed by atoms with Crippen molar-refractivity contribution in [3.8, 4) is 0 Å². The van der Waals surface area contributed by atoms with Crippen LogP contribution in [0, 0.1) is 13.8 Å². The molecule has 0 aliphatic carbocycles. The van der Waals surface area contributed by atoms with Crippen molar-refractivity contribution in [2.24, 2.45) is 0 Å². The molecule has 1 heterocycles. The van der Waals surface area contributed by atoms with Crippen LogP contribution in [0.3, 0.4) is 0 Å². The molecule has 0 amide bonds. The van der Waals surface area contributed by atoms with Gasteiger partial charge in [-0.1, -0.05) is 0 Å². The third-order valence-corrected chi connectivity index (χ3v) is 5.69. The smallest absolute Gasteiger partial charge is 0.243 e. The second-order valence-electron chi connectivity index (χ2n) is 4.63. The third-order valence-electron chi connectivity index (χ3n) is 3.00. The van der Waals surface area contributed by atoms with Crippen LogP contribution in [0.25, 0.3) is 0 Å².